The molecule has 9 heteroatoms. The third kappa shape index (κ3) is 5.82. The molecule has 31 heavy (non-hydrogen) atoms. The van der Waals surface area contributed by atoms with Gasteiger partial charge >= 0.3 is 6.03 Å². The molecule has 0 radical (unpaired) electrons. The number of benzene rings is 2. The quantitative estimate of drug-likeness (QED) is 0.595. The lowest BCUT2D eigenvalue weighted by Crippen LogP contribution is -2.50. The summed E-state index contributed by atoms with van der Waals surface area (Å²) in [6.07, 6.45) is 5.37. The molecule has 0 bridgehead atoms. The fourth-order valence-electron chi connectivity index (χ4n) is 3.18. The van der Waals surface area contributed by atoms with E-state index in [4.69, 9.17) is 35.4 Å². The van der Waals surface area contributed by atoms with E-state index in [9.17, 15) is 9.59 Å². The molecule has 1 saturated heterocycles. The zero-order chi connectivity index (χ0) is 22.4. The highest BCUT2D eigenvalue weighted by Crippen LogP contribution is 2.30. The number of para-hydroxylation sites is 1. The second kappa shape index (κ2) is 10.4. The van der Waals surface area contributed by atoms with Gasteiger partial charge in [0.1, 0.15) is 0 Å². The number of urea groups is 1. The Morgan fingerprint density at radius 1 is 1.03 bits per heavy atom. The van der Waals surface area contributed by atoms with Crippen LogP contribution in [0.5, 0.6) is 0 Å². The fourth-order valence-corrected chi connectivity index (χ4v) is 3.67. The smallest absolute Gasteiger partial charge is 0.322 e. The van der Waals surface area contributed by atoms with Crippen LogP contribution >= 0.6 is 23.2 Å². The van der Waals surface area contributed by atoms with Gasteiger partial charge in [0, 0.05) is 44.0 Å². The fraction of sp³-hybridized carbons (Fsp3) is 0.273. The SMILES string of the molecule is C#CCC(N)C(=O)Nc1ccc(N2CCN(C(=O)Nc3c(Cl)cccc3Cl)CC2)cc1. The lowest BCUT2D eigenvalue weighted by Gasteiger charge is -2.36. The maximum Gasteiger partial charge on any atom is 0.322 e. The lowest BCUT2D eigenvalue weighted by molar-refractivity contribution is -0.117. The summed E-state index contributed by atoms with van der Waals surface area (Å²) in [5.41, 5.74) is 7.77. The second-order valence-corrected chi connectivity index (χ2v) is 7.87. The van der Waals surface area contributed by atoms with Crippen LogP contribution in [0.2, 0.25) is 10.0 Å². The number of anilines is 3. The molecule has 0 aromatic heterocycles. The molecule has 1 heterocycles. The van der Waals surface area contributed by atoms with Gasteiger partial charge in [0.25, 0.3) is 0 Å². The van der Waals surface area contributed by atoms with Crippen molar-refractivity contribution in [3.05, 3.63) is 52.5 Å². The molecule has 1 fully saturated rings. The van der Waals surface area contributed by atoms with E-state index in [0.29, 0.717) is 47.6 Å². The number of nitrogens with zero attached hydrogens (tertiary/aromatic N) is 2. The highest BCUT2D eigenvalue weighted by atomic mass is 35.5. The summed E-state index contributed by atoms with van der Waals surface area (Å²) in [5.74, 6) is 2.06. The van der Waals surface area contributed by atoms with E-state index >= 15 is 0 Å². The third-order valence-electron chi connectivity index (χ3n) is 4.94. The van der Waals surface area contributed by atoms with Crippen LogP contribution in [-0.4, -0.2) is 49.1 Å². The van der Waals surface area contributed by atoms with Crippen LogP contribution in [0.3, 0.4) is 0 Å². The van der Waals surface area contributed by atoms with Gasteiger partial charge in [0.15, 0.2) is 0 Å². The van der Waals surface area contributed by atoms with Gasteiger partial charge in [-0.15, -0.1) is 12.3 Å². The average Bonchev–Trinajstić information content (AvgIpc) is 2.77. The second-order valence-electron chi connectivity index (χ2n) is 7.05. The number of nitrogens with two attached hydrogens (primary N) is 1. The van der Waals surface area contributed by atoms with Gasteiger partial charge < -0.3 is 26.2 Å². The molecule has 0 aliphatic carbocycles. The van der Waals surface area contributed by atoms with E-state index in [0.717, 1.165) is 5.69 Å². The number of hydrogen-bond acceptors (Lipinski definition) is 4. The predicted octanol–water partition coefficient (Wildman–Crippen LogP) is 3.64. The highest BCUT2D eigenvalue weighted by Gasteiger charge is 2.22. The Hall–Kier alpha value is -2.92. The van der Waals surface area contributed by atoms with Crippen molar-refractivity contribution in [1.82, 2.24) is 4.90 Å². The Kier molecular flexibility index (Phi) is 7.64. The van der Waals surface area contributed by atoms with Crippen LogP contribution in [-0.2, 0) is 4.79 Å². The number of nitrogens with one attached hydrogen (secondary N) is 2. The van der Waals surface area contributed by atoms with Crippen molar-refractivity contribution < 1.29 is 9.59 Å². The Balaban J connectivity index is 1.53. The van der Waals surface area contributed by atoms with E-state index in [-0.39, 0.29) is 18.4 Å². The Bertz CT molecular complexity index is 962. The van der Waals surface area contributed by atoms with E-state index in [1.54, 1.807) is 23.1 Å². The van der Waals surface area contributed by atoms with Crippen LogP contribution in [0.1, 0.15) is 6.42 Å². The molecular weight excluding hydrogens is 437 g/mol. The van der Waals surface area contributed by atoms with Crippen LogP contribution in [0.15, 0.2) is 42.5 Å². The summed E-state index contributed by atoms with van der Waals surface area (Å²) in [4.78, 5) is 28.4. The minimum absolute atomic E-state index is 0.185. The van der Waals surface area contributed by atoms with E-state index < -0.39 is 6.04 Å². The molecule has 0 spiro atoms. The molecule has 1 unspecified atom stereocenters. The number of piperazine rings is 1. The summed E-state index contributed by atoms with van der Waals surface area (Å²) in [6, 6.07) is 11.6. The topological polar surface area (TPSA) is 90.7 Å². The van der Waals surface area contributed by atoms with Gasteiger partial charge in [0.2, 0.25) is 5.91 Å². The van der Waals surface area contributed by atoms with Gasteiger partial charge in [-0.3, -0.25) is 4.79 Å². The molecule has 2 aromatic carbocycles. The molecule has 3 rings (SSSR count). The van der Waals surface area contributed by atoms with E-state index in [1.807, 2.05) is 24.3 Å². The molecule has 3 amide bonds. The standard InChI is InChI=1S/C22H23Cl2N5O2/c1-2-4-19(25)21(30)26-15-7-9-16(10-8-15)28-11-13-29(14-12-28)22(31)27-20-17(23)5-3-6-18(20)24/h1,3,5-10,19H,4,11-14,25H2,(H,26,30)(H,27,31). The van der Waals surface area contributed by atoms with Crippen molar-refractivity contribution in [3.8, 4) is 12.3 Å². The molecule has 0 saturated carbocycles. The largest absolute Gasteiger partial charge is 0.368 e. The van der Waals surface area contributed by atoms with Gasteiger partial charge in [-0.25, -0.2) is 4.79 Å². The van der Waals surface area contributed by atoms with Crippen molar-refractivity contribution >= 4 is 52.2 Å². The predicted molar refractivity (Wildman–Crippen MR) is 126 cm³/mol. The average molecular weight is 460 g/mol. The lowest BCUT2D eigenvalue weighted by atomic mass is 10.2. The van der Waals surface area contributed by atoms with Gasteiger partial charge in [-0.1, -0.05) is 29.3 Å². The highest BCUT2D eigenvalue weighted by molar-refractivity contribution is 6.39. The minimum atomic E-state index is -0.732. The molecule has 162 valence electrons. The molecule has 1 aliphatic rings. The summed E-state index contributed by atoms with van der Waals surface area (Å²) in [7, 11) is 0. The Morgan fingerprint density at radius 3 is 2.23 bits per heavy atom. The van der Waals surface area contributed by atoms with Crippen LogP contribution < -0.4 is 21.3 Å². The molecule has 7 nitrogen and oxygen atoms in total. The molecule has 2 aromatic rings. The summed E-state index contributed by atoms with van der Waals surface area (Å²) in [5, 5.41) is 6.33. The van der Waals surface area contributed by atoms with Crippen molar-refractivity contribution in [2.45, 2.75) is 12.5 Å². The summed E-state index contributed by atoms with van der Waals surface area (Å²) >= 11 is 12.3. The van der Waals surface area contributed by atoms with Crippen molar-refractivity contribution in [3.63, 3.8) is 0 Å². The zero-order valence-electron chi connectivity index (χ0n) is 16.8. The number of amides is 3. The number of carbonyl (C=O) groups excluding carboxylic acids is 2. The number of carbonyl (C=O) groups is 2. The first-order valence-electron chi connectivity index (χ1n) is 9.74. The number of terminal acetylenes is 1. The normalized spacial score (nSPS) is 14.5. The van der Waals surface area contributed by atoms with Crippen LogP contribution in [0, 0.1) is 12.3 Å². The third-order valence-corrected chi connectivity index (χ3v) is 5.57. The Labute approximate surface area is 191 Å². The van der Waals surface area contributed by atoms with E-state index in [1.165, 1.54) is 0 Å². The molecule has 1 atom stereocenters. The van der Waals surface area contributed by atoms with Gasteiger partial charge in [-0.2, -0.15) is 0 Å². The minimum Gasteiger partial charge on any atom is -0.368 e. The van der Waals surface area contributed by atoms with E-state index in [2.05, 4.69) is 21.5 Å². The molecule has 1 aliphatic heterocycles. The zero-order valence-corrected chi connectivity index (χ0v) is 18.3. The maximum atomic E-state index is 12.6. The summed E-state index contributed by atoms with van der Waals surface area (Å²) in [6.45, 7) is 2.44. The van der Waals surface area contributed by atoms with Crippen molar-refractivity contribution in [1.29, 1.82) is 0 Å². The molecular formula is C22H23Cl2N5O2. The summed E-state index contributed by atoms with van der Waals surface area (Å²) < 4.78 is 0. The number of hydrogen-bond donors (Lipinski definition) is 3. The first-order chi connectivity index (χ1) is 14.9. The van der Waals surface area contributed by atoms with Crippen molar-refractivity contribution in [2.75, 3.05) is 41.7 Å². The monoisotopic (exact) mass is 459 g/mol. The van der Waals surface area contributed by atoms with Crippen molar-refractivity contribution in [2.24, 2.45) is 5.73 Å². The first-order valence-corrected chi connectivity index (χ1v) is 10.5. The van der Waals surface area contributed by atoms with Crippen LogP contribution in [0.25, 0.3) is 0 Å². The first kappa shape index (κ1) is 22.8. The molecule has 4 N–H and O–H groups in total. The number of rotatable bonds is 5. The van der Waals surface area contributed by atoms with Gasteiger partial charge in [0.05, 0.1) is 21.8 Å². The number of halogens is 2. The Morgan fingerprint density at radius 2 is 1.65 bits per heavy atom. The van der Waals surface area contributed by atoms with Gasteiger partial charge in [-0.05, 0) is 36.4 Å². The maximum absolute atomic E-state index is 12.6. The van der Waals surface area contributed by atoms with Crippen LogP contribution in [0.4, 0.5) is 21.9 Å².